The van der Waals surface area contributed by atoms with Crippen LogP contribution in [0.3, 0.4) is 0 Å². The average molecular weight is 278 g/mol. The van der Waals surface area contributed by atoms with Crippen LogP contribution in [-0.4, -0.2) is 18.3 Å². The van der Waals surface area contributed by atoms with Gasteiger partial charge in [0.2, 0.25) is 0 Å². The summed E-state index contributed by atoms with van der Waals surface area (Å²) in [7, 11) is 1.47. The van der Waals surface area contributed by atoms with Gasteiger partial charge in [0.15, 0.2) is 0 Å². The monoisotopic (exact) mass is 277 g/mol. The maximum absolute atomic E-state index is 13.8. The minimum atomic E-state index is -0.814. The molecule has 0 saturated heterocycles. The van der Waals surface area contributed by atoms with Gasteiger partial charge in [0.05, 0.1) is 19.3 Å². The van der Waals surface area contributed by atoms with Crippen LogP contribution in [0.2, 0.25) is 0 Å². The van der Waals surface area contributed by atoms with Gasteiger partial charge in [0.1, 0.15) is 11.6 Å². The van der Waals surface area contributed by atoms with Crippen molar-refractivity contribution < 1.29 is 14.2 Å². The number of benzene rings is 1. The van der Waals surface area contributed by atoms with E-state index in [0.717, 1.165) is 0 Å². The van der Waals surface area contributed by atoms with Crippen molar-refractivity contribution in [3.63, 3.8) is 0 Å². The highest BCUT2D eigenvalue weighted by Gasteiger charge is 2.30. The molecule has 0 amide bonds. The van der Waals surface area contributed by atoms with E-state index in [1.807, 2.05) is 20.8 Å². The molecule has 0 radical (unpaired) electrons. The minimum absolute atomic E-state index is 0. The average Bonchev–Trinajstić information content (AvgIpc) is 2.25. The topological polar surface area (TPSA) is 55.5 Å². The smallest absolute Gasteiger partial charge is 0.131 e. The van der Waals surface area contributed by atoms with Crippen molar-refractivity contribution >= 4 is 12.4 Å². The van der Waals surface area contributed by atoms with E-state index in [2.05, 4.69) is 0 Å². The number of ether oxygens (including phenoxy) is 1. The van der Waals surface area contributed by atoms with Gasteiger partial charge in [-0.25, -0.2) is 4.39 Å². The number of aliphatic hydroxyl groups is 1. The van der Waals surface area contributed by atoms with Crippen molar-refractivity contribution in [1.82, 2.24) is 0 Å². The number of nitrogens with two attached hydrogens (primary N) is 1. The van der Waals surface area contributed by atoms with Gasteiger partial charge in [-0.1, -0.05) is 26.8 Å². The molecule has 0 spiro atoms. The predicted octanol–water partition coefficient (Wildman–Crippen LogP) is 2.66. The van der Waals surface area contributed by atoms with Crippen molar-refractivity contribution in [2.24, 2.45) is 11.1 Å². The molecule has 2 atom stereocenters. The molecule has 0 heterocycles. The highest BCUT2D eigenvalue weighted by molar-refractivity contribution is 5.85. The van der Waals surface area contributed by atoms with Crippen LogP contribution in [0.15, 0.2) is 18.2 Å². The summed E-state index contributed by atoms with van der Waals surface area (Å²) < 4.78 is 18.7. The third-order valence-electron chi connectivity index (χ3n) is 2.79. The Hall–Kier alpha value is -0.840. The molecule has 0 bridgehead atoms. The second-order valence-electron chi connectivity index (χ2n) is 5.22. The molecule has 3 nitrogen and oxygen atoms in total. The number of hydrogen-bond acceptors (Lipinski definition) is 3. The Kier molecular flexibility index (Phi) is 6.07. The lowest BCUT2D eigenvalue weighted by atomic mass is 9.82. The van der Waals surface area contributed by atoms with Crippen LogP contribution >= 0.6 is 12.4 Å². The first-order valence-corrected chi connectivity index (χ1v) is 5.54. The zero-order valence-electron chi connectivity index (χ0n) is 11.1. The van der Waals surface area contributed by atoms with E-state index in [9.17, 15) is 9.50 Å². The normalized spacial score (nSPS) is 14.6. The molecule has 0 aliphatic rings. The predicted molar refractivity (Wildman–Crippen MR) is 72.6 cm³/mol. The fraction of sp³-hybridized carbons (Fsp3) is 0.538. The van der Waals surface area contributed by atoms with Gasteiger partial charge in [-0.2, -0.15) is 0 Å². The van der Waals surface area contributed by atoms with Gasteiger partial charge in [-0.3, -0.25) is 0 Å². The molecule has 0 aliphatic heterocycles. The molecular formula is C13H21ClFNO2. The highest BCUT2D eigenvalue weighted by Crippen LogP contribution is 2.30. The van der Waals surface area contributed by atoms with E-state index in [-0.39, 0.29) is 12.4 Å². The molecule has 1 aromatic carbocycles. The van der Waals surface area contributed by atoms with Gasteiger partial charge in [0.25, 0.3) is 0 Å². The van der Waals surface area contributed by atoms with Crippen molar-refractivity contribution in [2.45, 2.75) is 32.9 Å². The Morgan fingerprint density at radius 1 is 1.33 bits per heavy atom. The van der Waals surface area contributed by atoms with Gasteiger partial charge in [-0.15, -0.1) is 12.4 Å². The summed E-state index contributed by atoms with van der Waals surface area (Å²) in [6.45, 7) is 5.58. The third-order valence-corrected chi connectivity index (χ3v) is 2.79. The van der Waals surface area contributed by atoms with Crippen LogP contribution in [0, 0.1) is 11.2 Å². The Balaban J connectivity index is 0.00000289. The van der Waals surface area contributed by atoms with Crippen LogP contribution in [0.1, 0.15) is 32.4 Å². The van der Waals surface area contributed by atoms with Gasteiger partial charge in [0, 0.05) is 11.6 Å². The third kappa shape index (κ3) is 3.83. The first-order chi connectivity index (χ1) is 7.77. The number of hydrogen-bond donors (Lipinski definition) is 2. The van der Waals surface area contributed by atoms with Crippen molar-refractivity contribution in [1.29, 1.82) is 0 Å². The van der Waals surface area contributed by atoms with E-state index in [4.69, 9.17) is 10.5 Å². The van der Waals surface area contributed by atoms with Crippen LogP contribution in [-0.2, 0) is 0 Å². The molecule has 1 rings (SSSR count). The SMILES string of the molecule is COc1ccc([C@@H](N)[C@@H](O)C(C)(C)C)c(F)c1.Cl. The van der Waals surface area contributed by atoms with E-state index >= 15 is 0 Å². The molecule has 0 aliphatic carbocycles. The number of halogens is 2. The minimum Gasteiger partial charge on any atom is -0.497 e. The Bertz CT molecular complexity index is 393. The van der Waals surface area contributed by atoms with E-state index < -0.39 is 23.4 Å². The lowest BCUT2D eigenvalue weighted by Crippen LogP contribution is -2.37. The molecule has 0 unspecified atom stereocenters. The summed E-state index contributed by atoms with van der Waals surface area (Å²) in [5.74, 6) is -0.0242. The van der Waals surface area contributed by atoms with Gasteiger partial charge < -0.3 is 15.6 Å². The number of aliphatic hydroxyl groups excluding tert-OH is 1. The lowest BCUT2D eigenvalue weighted by molar-refractivity contribution is 0.0391. The van der Waals surface area contributed by atoms with E-state index in [0.29, 0.717) is 11.3 Å². The van der Waals surface area contributed by atoms with Crippen molar-refractivity contribution in [3.05, 3.63) is 29.6 Å². The largest absolute Gasteiger partial charge is 0.497 e. The maximum atomic E-state index is 13.8. The van der Waals surface area contributed by atoms with Crippen LogP contribution in [0.5, 0.6) is 5.75 Å². The molecule has 5 heteroatoms. The zero-order valence-corrected chi connectivity index (χ0v) is 11.9. The van der Waals surface area contributed by atoms with Gasteiger partial charge >= 0.3 is 0 Å². The molecule has 1 aromatic rings. The fourth-order valence-electron chi connectivity index (χ4n) is 1.61. The second-order valence-corrected chi connectivity index (χ2v) is 5.22. The molecule has 0 aromatic heterocycles. The van der Waals surface area contributed by atoms with Crippen LogP contribution in [0.4, 0.5) is 4.39 Å². The first kappa shape index (κ1) is 17.2. The molecular weight excluding hydrogens is 257 g/mol. The van der Waals surface area contributed by atoms with Crippen molar-refractivity contribution in [3.8, 4) is 5.75 Å². The Labute approximate surface area is 114 Å². The molecule has 104 valence electrons. The fourth-order valence-corrected chi connectivity index (χ4v) is 1.61. The summed E-state index contributed by atoms with van der Waals surface area (Å²) in [6, 6.07) is 3.70. The zero-order chi connectivity index (χ0) is 13.2. The molecule has 18 heavy (non-hydrogen) atoms. The summed E-state index contributed by atoms with van der Waals surface area (Å²) in [6.07, 6.45) is -0.814. The molecule has 0 saturated carbocycles. The summed E-state index contributed by atoms with van der Waals surface area (Å²) in [4.78, 5) is 0. The standard InChI is InChI=1S/C13H20FNO2.ClH/c1-13(2,3)12(16)11(15)9-6-5-8(17-4)7-10(9)14;/h5-7,11-12,16H,15H2,1-4H3;1H/t11-,12-;/m1./s1. The molecule has 0 fully saturated rings. The summed E-state index contributed by atoms with van der Waals surface area (Å²) in [5.41, 5.74) is 5.79. The van der Waals surface area contributed by atoms with E-state index in [1.165, 1.54) is 13.2 Å². The first-order valence-electron chi connectivity index (χ1n) is 5.54. The second kappa shape index (κ2) is 6.36. The van der Waals surface area contributed by atoms with Crippen LogP contribution < -0.4 is 10.5 Å². The number of methoxy groups -OCH3 is 1. The lowest BCUT2D eigenvalue weighted by Gasteiger charge is -2.31. The summed E-state index contributed by atoms with van der Waals surface area (Å²) >= 11 is 0. The van der Waals surface area contributed by atoms with Gasteiger partial charge in [-0.05, 0) is 11.5 Å². The quantitative estimate of drug-likeness (QED) is 0.893. The molecule has 3 N–H and O–H groups in total. The van der Waals surface area contributed by atoms with Crippen molar-refractivity contribution in [2.75, 3.05) is 7.11 Å². The maximum Gasteiger partial charge on any atom is 0.131 e. The van der Waals surface area contributed by atoms with Crippen LogP contribution in [0.25, 0.3) is 0 Å². The summed E-state index contributed by atoms with van der Waals surface area (Å²) in [5, 5.41) is 10.0. The Morgan fingerprint density at radius 3 is 2.28 bits per heavy atom. The Morgan fingerprint density at radius 2 is 1.89 bits per heavy atom. The number of rotatable bonds is 3. The highest BCUT2D eigenvalue weighted by atomic mass is 35.5. The van der Waals surface area contributed by atoms with E-state index in [1.54, 1.807) is 12.1 Å².